The molecule has 3 N–H and O–H groups in total. The predicted molar refractivity (Wildman–Crippen MR) is 71.0 cm³/mol. The molecule has 0 aromatic heterocycles. The number of carbonyl (C=O) groups excluding carboxylic acids is 1. The number of halogens is 3. The van der Waals surface area contributed by atoms with Gasteiger partial charge in [0.25, 0.3) is 0 Å². The number of rotatable bonds is 6. The van der Waals surface area contributed by atoms with Gasteiger partial charge in [-0.1, -0.05) is 20.3 Å². The molecule has 20 heavy (non-hydrogen) atoms. The molecule has 0 radical (unpaired) electrons. The average molecular weight is 295 g/mol. The third-order valence-corrected chi connectivity index (χ3v) is 3.90. The highest BCUT2D eigenvalue weighted by Crippen LogP contribution is 2.22. The summed E-state index contributed by atoms with van der Waals surface area (Å²) in [5, 5.41) is 2.75. The second kappa shape index (κ2) is 7.26. The second-order valence-corrected chi connectivity index (χ2v) is 5.66. The third kappa shape index (κ3) is 5.66. The number of likely N-dealkylation sites (tertiary alicyclic amines) is 1. The highest BCUT2D eigenvalue weighted by atomic mass is 19.4. The molecule has 118 valence electrons. The Hall–Kier alpha value is -0.820. The minimum absolute atomic E-state index is 0.0745. The van der Waals surface area contributed by atoms with Crippen LogP contribution in [0.15, 0.2) is 0 Å². The van der Waals surface area contributed by atoms with E-state index in [1.54, 1.807) is 0 Å². The Morgan fingerprint density at radius 2 is 2.15 bits per heavy atom. The Balaban J connectivity index is 2.29. The second-order valence-electron chi connectivity index (χ2n) is 5.66. The molecule has 1 amide bonds. The zero-order chi connectivity index (χ0) is 15.3. The lowest BCUT2D eigenvalue weighted by atomic mass is 9.99. The Kier molecular flexibility index (Phi) is 6.26. The summed E-state index contributed by atoms with van der Waals surface area (Å²) in [5.41, 5.74) is 5.80. The Morgan fingerprint density at radius 1 is 1.50 bits per heavy atom. The lowest BCUT2D eigenvalue weighted by Crippen LogP contribution is -2.46. The number of nitrogens with one attached hydrogen (secondary N) is 1. The maximum Gasteiger partial charge on any atom is 0.401 e. The summed E-state index contributed by atoms with van der Waals surface area (Å²) < 4.78 is 36.8. The van der Waals surface area contributed by atoms with Gasteiger partial charge in [0.05, 0.1) is 12.6 Å². The van der Waals surface area contributed by atoms with Crippen molar-refractivity contribution in [3.63, 3.8) is 0 Å². The van der Waals surface area contributed by atoms with E-state index in [4.69, 9.17) is 5.73 Å². The molecule has 0 aromatic rings. The van der Waals surface area contributed by atoms with Gasteiger partial charge >= 0.3 is 6.18 Å². The molecule has 1 heterocycles. The summed E-state index contributed by atoms with van der Waals surface area (Å²) in [4.78, 5) is 13.2. The summed E-state index contributed by atoms with van der Waals surface area (Å²) in [6, 6.07) is -0.548. The van der Waals surface area contributed by atoms with Crippen LogP contribution in [0.4, 0.5) is 13.2 Å². The lowest BCUT2D eigenvalue weighted by molar-refractivity contribution is -0.143. The Labute approximate surface area is 117 Å². The van der Waals surface area contributed by atoms with Gasteiger partial charge in [-0.05, 0) is 24.8 Å². The van der Waals surface area contributed by atoms with E-state index in [0.717, 1.165) is 6.42 Å². The fraction of sp³-hybridized carbons (Fsp3) is 0.923. The van der Waals surface area contributed by atoms with Crippen LogP contribution in [0.1, 0.15) is 26.7 Å². The highest BCUT2D eigenvalue weighted by Gasteiger charge is 2.34. The standard InChI is InChI=1S/C13H24F3N3O/c1-3-9(2)11(17)12(20)18-6-10-4-5-19(7-10)8-13(14,15)16/h9-11H,3-8,17H2,1-2H3,(H,18,20). The topological polar surface area (TPSA) is 58.4 Å². The van der Waals surface area contributed by atoms with E-state index in [1.807, 2.05) is 13.8 Å². The maximum absolute atomic E-state index is 12.3. The van der Waals surface area contributed by atoms with E-state index in [1.165, 1.54) is 4.90 Å². The largest absolute Gasteiger partial charge is 0.401 e. The van der Waals surface area contributed by atoms with Crippen molar-refractivity contribution >= 4 is 5.91 Å². The van der Waals surface area contributed by atoms with Gasteiger partial charge < -0.3 is 11.1 Å². The molecule has 1 aliphatic rings. The number of alkyl halides is 3. The van der Waals surface area contributed by atoms with Gasteiger partial charge in [0.2, 0.25) is 5.91 Å². The lowest BCUT2D eigenvalue weighted by Gasteiger charge is -2.20. The van der Waals surface area contributed by atoms with Crippen molar-refractivity contribution in [2.24, 2.45) is 17.6 Å². The summed E-state index contributed by atoms with van der Waals surface area (Å²) in [7, 11) is 0. The molecule has 0 aliphatic carbocycles. The molecule has 4 nitrogen and oxygen atoms in total. The summed E-state index contributed by atoms with van der Waals surface area (Å²) in [6.45, 7) is 4.20. The van der Waals surface area contributed by atoms with E-state index < -0.39 is 18.8 Å². The van der Waals surface area contributed by atoms with Gasteiger partial charge in [0, 0.05) is 13.1 Å². The van der Waals surface area contributed by atoms with Gasteiger partial charge in [0.1, 0.15) is 0 Å². The monoisotopic (exact) mass is 295 g/mol. The number of hydrogen-bond donors (Lipinski definition) is 2. The summed E-state index contributed by atoms with van der Waals surface area (Å²) in [6.07, 6.45) is -2.66. The average Bonchev–Trinajstić information content (AvgIpc) is 2.79. The van der Waals surface area contributed by atoms with Crippen LogP contribution in [0.25, 0.3) is 0 Å². The quantitative estimate of drug-likeness (QED) is 0.778. The molecular weight excluding hydrogens is 271 g/mol. The third-order valence-electron chi connectivity index (χ3n) is 3.90. The molecule has 0 saturated carbocycles. The first-order valence-corrected chi connectivity index (χ1v) is 7.05. The van der Waals surface area contributed by atoms with Gasteiger partial charge in [-0.3, -0.25) is 9.69 Å². The number of nitrogens with zero attached hydrogens (tertiary/aromatic N) is 1. The SMILES string of the molecule is CCC(C)C(N)C(=O)NCC1CCN(CC(F)(F)F)C1. The molecule has 1 saturated heterocycles. The molecule has 0 bridgehead atoms. The zero-order valence-electron chi connectivity index (χ0n) is 12.0. The van der Waals surface area contributed by atoms with Crippen LogP contribution in [0.2, 0.25) is 0 Å². The number of amides is 1. The van der Waals surface area contributed by atoms with Crippen molar-refractivity contribution in [1.82, 2.24) is 10.2 Å². The smallest absolute Gasteiger partial charge is 0.354 e. The van der Waals surface area contributed by atoms with Crippen molar-refractivity contribution in [1.29, 1.82) is 0 Å². The zero-order valence-corrected chi connectivity index (χ0v) is 12.0. The summed E-state index contributed by atoms with van der Waals surface area (Å²) in [5.74, 6) is -0.0423. The molecule has 3 atom stereocenters. The minimum Gasteiger partial charge on any atom is -0.354 e. The van der Waals surface area contributed by atoms with Crippen LogP contribution < -0.4 is 11.1 Å². The number of hydrogen-bond acceptors (Lipinski definition) is 3. The Morgan fingerprint density at radius 3 is 2.70 bits per heavy atom. The molecule has 3 unspecified atom stereocenters. The number of nitrogens with two attached hydrogens (primary N) is 1. The van der Waals surface area contributed by atoms with E-state index in [2.05, 4.69) is 5.32 Å². The van der Waals surface area contributed by atoms with Gasteiger partial charge in [-0.2, -0.15) is 13.2 Å². The van der Waals surface area contributed by atoms with Crippen molar-refractivity contribution in [2.75, 3.05) is 26.2 Å². The van der Waals surface area contributed by atoms with E-state index in [0.29, 0.717) is 26.1 Å². The summed E-state index contributed by atoms with van der Waals surface area (Å²) >= 11 is 0. The van der Waals surface area contributed by atoms with Crippen LogP contribution in [-0.4, -0.2) is 49.2 Å². The van der Waals surface area contributed by atoms with Crippen LogP contribution in [0.5, 0.6) is 0 Å². The number of carbonyl (C=O) groups is 1. The molecule has 1 rings (SSSR count). The van der Waals surface area contributed by atoms with Crippen LogP contribution in [-0.2, 0) is 4.79 Å². The fourth-order valence-corrected chi connectivity index (χ4v) is 2.35. The first kappa shape index (κ1) is 17.2. The van der Waals surface area contributed by atoms with Crippen LogP contribution >= 0.6 is 0 Å². The first-order valence-electron chi connectivity index (χ1n) is 7.05. The minimum atomic E-state index is -4.16. The highest BCUT2D eigenvalue weighted by molar-refractivity contribution is 5.81. The van der Waals surface area contributed by atoms with Crippen LogP contribution in [0.3, 0.4) is 0 Å². The molecule has 1 fully saturated rings. The van der Waals surface area contributed by atoms with E-state index in [-0.39, 0.29) is 17.7 Å². The normalized spacial score (nSPS) is 23.6. The van der Waals surface area contributed by atoms with Crippen LogP contribution in [0, 0.1) is 11.8 Å². The molecule has 7 heteroatoms. The molecule has 0 aromatic carbocycles. The van der Waals surface area contributed by atoms with Gasteiger partial charge in [0.15, 0.2) is 0 Å². The molecular formula is C13H24F3N3O. The van der Waals surface area contributed by atoms with Gasteiger partial charge in [-0.15, -0.1) is 0 Å². The van der Waals surface area contributed by atoms with Crippen molar-refractivity contribution in [3.05, 3.63) is 0 Å². The maximum atomic E-state index is 12.3. The van der Waals surface area contributed by atoms with E-state index in [9.17, 15) is 18.0 Å². The van der Waals surface area contributed by atoms with Crippen molar-refractivity contribution in [2.45, 2.75) is 38.9 Å². The first-order chi connectivity index (χ1) is 9.23. The van der Waals surface area contributed by atoms with Crippen molar-refractivity contribution < 1.29 is 18.0 Å². The molecule has 1 aliphatic heterocycles. The van der Waals surface area contributed by atoms with Gasteiger partial charge in [-0.25, -0.2) is 0 Å². The Bertz CT molecular complexity index is 322. The van der Waals surface area contributed by atoms with Crippen molar-refractivity contribution in [3.8, 4) is 0 Å². The molecule has 0 spiro atoms. The predicted octanol–water partition coefficient (Wildman–Crippen LogP) is 1.36. The van der Waals surface area contributed by atoms with E-state index >= 15 is 0 Å². The fourth-order valence-electron chi connectivity index (χ4n) is 2.35.